The second-order valence-electron chi connectivity index (χ2n) is 4.89. The number of amides is 1. The third kappa shape index (κ3) is 2.37. The fraction of sp³-hybridized carbons (Fsp3) is 0.583. The van der Waals surface area contributed by atoms with Crippen LogP contribution in [0.3, 0.4) is 0 Å². The first kappa shape index (κ1) is 12.6. The maximum absolute atomic E-state index is 11.4. The first-order chi connectivity index (χ1) is 8.55. The number of anilines is 2. The van der Waals surface area contributed by atoms with Gasteiger partial charge < -0.3 is 16.0 Å². The molecular formula is C12H19N5O. The van der Waals surface area contributed by atoms with Crippen molar-refractivity contribution in [2.45, 2.75) is 20.3 Å². The molecule has 1 aromatic heterocycles. The van der Waals surface area contributed by atoms with Gasteiger partial charge in [0.2, 0.25) is 5.91 Å². The molecule has 0 saturated carbocycles. The molecule has 1 aliphatic heterocycles. The molecule has 0 aliphatic carbocycles. The van der Waals surface area contributed by atoms with E-state index in [2.05, 4.69) is 20.2 Å². The number of hydrogen-bond donors (Lipinski definition) is 2. The topological polar surface area (TPSA) is 84.1 Å². The lowest BCUT2D eigenvalue weighted by Crippen LogP contribution is -2.37. The number of nitrogens with two attached hydrogens (primary N) is 1. The van der Waals surface area contributed by atoms with Gasteiger partial charge in [-0.3, -0.25) is 4.79 Å². The Morgan fingerprint density at radius 2 is 2.39 bits per heavy atom. The quantitative estimate of drug-likeness (QED) is 0.816. The number of aromatic nitrogens is 2. The molecule has 1 unspecified atom stereocenters. The van der Waals surface area contributed by atoms with Crippen molar-refractivity contribution in [1.29, 1.82) is 0 Å². The van der Waals surface area contributed by atoms with E-state index in [4.69, 9.17) is 5.73 Å². The van der Waals surface area contributed by atoms with Crippen molar-refractivity contribution in [3.63, 3.8) is 0 Å². The molecular weight excluding hydrogens is 230 g/mol. The van der Waals surface area contributed by atoms with Gasteiger partial charge in [0.25, 0.3) is 0 Å². The van der Waals surface area contributed by atoms with Crippen LogP contribution in [0.4, 0.5) is 11.6 Å². The molecule has 1 fully saturated rings. The summed E-state index contributed by atoms with van der Waals surface area (Å²) in [5.74, 6) is 1.40. The minimum atomic E-state index is -0.455. The van der Waals surface area contributed by atoms with Gasteiger partial charge in [0.05, 0.1) is 5.41 Å². The van der Waals surface area contributed by atoms with Gasteiger partial charge in [0.15, 0.2) is 0 Å². The summed E-state index contributed by atoms with van der Waals surface area (Å²) in [6.07, 6.45) is 2.30. The summed E-state index contributed by atoms with van der Waals surface area (Å²) in [4.78, 5) is 21.9. The zero-order chi connectivity index (χ0) is 13.2. The van der Waals surface area contributed by atoms with Gasteiger partial charge >= 0.3 is 0 Å². The summed E-state index contributed by atoms with van der Waals surface area (Å²) in [6, 6.07) is 1.90. The third-order valence-corrected chi connectivity index (χ3v) is 3.40. The van der Waals surface area contributed by atoms with Crippen LogP contribution in [0, 0.1) is 5.41 Å². The van der Waals surface area contributed by atoms with E-state index >= 15 is 0 Å². The highest BCUT2D eigenvalue weighted by Gasteiger charge is 2.39. The third-order valence-electron chi connectivity index (χ3n) is 3.40. The second kappa shape index (κ2) is 4.80. The minimum Gasteiger partial charge on any atom is -0.370 e. The normalized spacial score (nSPS) is 23.1. The van der Waals surface area contributed by atoms with Crippen molar-refractivity contribution in [3.05, 3.63) is 12.4 Å². The average molecular weight is 249 g/mol. The van der Waals surface area contributed by atoms with E-state index < -0.39 is 5.41 Å². The number of hydrogen-bond acceptors (Lipinski definition) is 5. The highest BCUT2D eigenvalue weighted by molar-refractivity contribution is 5.82. The molecule has 18 heavy (non-hydrogen) atoms. The van der Waals surface area contributed by atoms with E-state index in [9.17, 15) is 4.79 Å². The van der Waals surface area contributed by atoms with Crippen LogP contribution in [-0.2, 0) is 4.79 Å². The Kier molecular flexibility index (Phi) is 3.36. The van der Waals surface area contributed by atoms with Crippen LogP contribution in [0.15, 0.2) is 12.4 Å². The van der Waals surface area contributed by atoms with Crippen molar-refractivity contribution in [3.8, 4) is 0 Å². The van der Waals surface area contributed by atoms with Gasteiger partial charge in [-0.15, -0.1) is 0 Å². The van der Waals surface area contributed by atoms with E-state index in [0.29, 0.717) is 6.54 Å². The fourth-order valence-corrected chi connectivity index (χ4v) is 2.16. The van der Waals surface area contributed by atoms with E-state index in [0.717, 1.165) is 31.1 Å². The fourth-order valence-electron chi connectivity index (χ4n) is 2.16. The zero-order valence-corrected chi connectivity index (χ0v) is 10.8. The molecule has 0 bridgehead atoms. The Morgan fingerprint density at radius 3 is 3.00 bits per heavy atom. The van der Waals surface area contributed by atoms with Gasteiger partial charge in [0.1, 0.15) is 18.0 Å². The average Bonchev–Trinajstić information content (AvgIpc) is 2.74. The molecule has 1 aliphatic rings. The minimum absolute atomic E-state index is 0.244. The lowest BCUT2D eigenvalue weighted by molar-refractivity contribution is -0.125. The van der Waals surface area contributed by atoms with Crippen LogP contribution in [0.2, 0.25) is 0 Å². The van der Waals surface area contributed by atoms with E-state index in [1.165, 1.54) is 6.33 Å². The lowest BCUT2D eigenvalue weighted by atomic mass is 9.89. The summed E-state index contributed by atoms with van der Waals surface area (Å²) in [6.45, 7) is 6.14. The Morgan fingerprint density at radius 1 is 1.61 bits per heavy atom. The Bertz CT molecular complexity index is 450. The number of nitrogens with zero attached hydrogens (tertiary/aromatic N) is 3. The molecule has 2 rings (SSSR count). The molecule has 1 saturated heterocycles. The van der Waals surface area contributed by atoms with Crippen LogP contribution in [-0.4, -0.2) is 35.5 Å². The smallest absolute Gasteiger partial charge is 0.225 e. The van der Waals surface area contributed by atoms with Crippen LogP contribution in [0.25, 0.3) is 0 Å². The predicted octanol–water partition coefficient (Wildman–Crippen LogP) is 0.610. The van der Waals surface area contributed by atoms with Crippen molar-refractivity contribution in [2.24, 2.45) is 11.1 Å². The first-order valence-corrected chi connectivity index (χ1v) is 6.16. The monoisotopic (exact) mass is 249 g/mol. The van der Waals surface area contributed by atoms with Crippen molar-refractivity contribution in [1.82, 2.24) is 9.97 Å². The molecule has 0 radical (unpaired) electrons. The van der Waals surface area contributed by atoms with Gasteiger partial charge in [-0.1, -0.05) is 0 Å². The molecule has 6 nitrogen and oxygen atoms in total. The van der Waals surface area contributed by atoms with Gasteiger partial charge in [-0.2, -0.15) is 0 Å². The molecule has 0 spiro atoms. The Labute approximate surface area is 107 Å². The maximum atomic E-state index is 11.4. The summed E-state index contributed by atoms with van der Waals surface area (Å²) in [5, 5.41) is 3.15. The molecule has 98 valence electrons. The summed E-state index contributed by atoms with van der Waals surface area (Å²) in [5.41, 5.74) is 4.98. The number of primary amides is 1. The number of carbonyl (C=O) groups excluding carboxylic acids is 1. The SMILES string of the molecule is CCNc1cc(N2CCC(C)(C(N)=O)C2)ncn1. The first-order valence-electron chi connectivity index (χ1n) is 6.16. The Hall–Kier alpha value is -1.85. The van der Waals surface area contributed by atoms with Gasteiger partial charge in [-0.25, -0.2) is 9.97 Å². The van der Waals surface area contributed by atoms with Crippen LogP contribution in [0.5, 0.6) is 0 Å². The predicted molar refractivity (Wildman–Crippen MR) is 70.3 cm³/mol. The highest BCUT2D eigenvalue weighted by atomic mass is 16.1. The molecule has 3 N–H and O–H groups in total. The molecule has 1 atom stereocenters. The lowest BCUT2D eigenvalue weighted by Gasteiger charge is -2.21. The number of carbonyl (C=O) groups is 1. The zero-order valence-electron chi connectivity index (χ0n) is 10.8. The molecule has 1 aromatic rings. The van der Waals surface area contributed by atoms with Crippen molar-refractivity contribution in [2.75, 3.05) is 29.9 Å². The van der Waals surface area contributed by atoms with E-state index in [-0.39, 0.29) is 5.91 Å². The molecule has 2 heterocycles. The Balaban J connectivity index is 2.14. The van der Waals surface area contributed by atoms with Crippen LogP contribution in [0.1, 0.15) is 20.3 Å². The summed E-state index contributed by atoms with van der Waals surface area (Å²) < 4.78 is 0. The molecule has 0 aromatic carbocycles. The van der Waals surface area contributed by atoms with Crippen molar-refractivity contribution >= 4 is 17.5 Å². The maximum Gasteiger partial charge on any atom is 0.225 e. The van der Waals surface area contributed by atoms with Crippen LogP contribution >= 0.6 is 0 Å². The van der Waals surface area contributed by atoms with Crippen molar-refractivity contribution < 1.29 is 4.79 Å². The van der Waals surface area contributed by atoms with E-state index in [1.54, 1.807) is 0 Å². The molecule has 6 heteroatoms. The standard InChI is InChI=1S/C12H19N5O/c1-3-14-9-6-10(16-8-15-9)17-5-4-12(2,7-17)11(13)18/h6,8H,3-5,7H2,1-2H3,(H2,13,18)(H,14,15,16). The summed E-state index contributed by atoms with van der Waals surface area (Å²) >= 11 is 0. The highest BCUT2D eigenvalue weighted by Crippen LogP contribution is 2.32. The van der Waals surface area contributed by atoms with E-state index in [1.807, 2.05) is 19.9 Å². The molecule has 1 amide bonds. The van der Waals surface area contributed by atoms with Gasteiger partial charge in [0, 0.05) is 25.7 Å². The van der Waals surface area contributed by atoms with Crippen LogP contribution < -0.4 is 16.0 Å². The number of nitrogens with one attached hydrogen (secondary N) is 1. The second-order valence-corrected chi connectivity index (χ2v) is 4.89. The largest absolute Gasteiger partial charge is 0.370 e. The number of rotatable bonds is 4. The van der Waals surface area contributed by atoms with Gasteiger partial charge in [-0.05, 0) is 20.3 Å². The summed E-state index contributed by atoms with van der Waals surface area (Å²) in [7, 11) is 0.